The SMILES string of the molecule is CC(C)(C)CC[C@H](c1ccc(C(=O)O)cc1)N1C(=O)C=NC12CCC(C(C)(C)C)CC2. The normalized spacial score (nSPS) is 25.3. The van der Waals surface area contributed by atoms with Gasteiger partial charge in [0.25, 0.3) is 5.91 Å². The highest BCUT2D eigenvalue weighted by atomic mass is 16.4. The molecule has 31 heavy (non-hydrogen) atoms. The van der Waals surface area contributed by atoms with Crippen molar-refractivity contribution < 1.29 is 14.7 Å². The number of rotatable bonds is 5. The molecule has 1 aromatic rings. The first-order chi connectivity index (χ1) is 14.3. The highest BCUT2D eigenvalue weighted by Crippen LogP contribution is 2.49. The van der Waals surface area contributed by atoms with Gasteiger partial charge in [0, 0.05) is 0 Å². The number of aromatic carboxylic acids is 1. The number of benzene rings is 1. The van der Waals surface area contributed by atoms with Gasteiger partial charge in [-0.2, -0.15) is 0 Å². The van der Waals surface area contributed by atoms with Gasteiger partial charge in [-0.3, -0.25) is 9.79 Å². The number of hydrogen-bond donors (Lipinski definition) is 1. The van der Waals surface area contributed by atoms with Crippen molar-refractivity contribution >= 4 is 18.1 Å². The Hall–Kier alpha value is -2.17. The Morgan fingerprint density at radius 3 is 2.19 bits per heavy atom. The second kappa shape index (κ2) is 8.40. The Morgan fingerprint density at radius 2 is 1.71 bits per heavy atom. The Kier molecular flexibility index (Phi) is 6.37. The average Bonchev–Trinajstić information content (AvgIpc) is 2.97. The van der Waals surface area contributed by atoms with E-state index in [-0.39, 0.29) is 28.3 Å². The minimum atomic E-state index is -0.935. The average molecular weight is 427 g/mol. The number of carboxylic acids is 1. The van der Waals surface area contributed by atoms with Crippen LogP contribution in [0.15, 0.2) is 29.3 Å². The van der Waals surface area contributed by atoms with Gasteiger partial charge in [-0.15, -0.1) is 0 Å². The van der Waals surface area contributed by atoms with Gasteiger partial charge in [0.15, 0.2) is 0 Å². The molecule has 0 radical (unpaired) electrons. The molecule has 1 fully saturated rings. The van der Waals surface area contributed by atoms with E-state index in [4.69, 9.17) is 4.99 Å². The van der Waals surface area contributed by atoms with E-state index in [1.807, 2.05) is 17.0 Å². The molecule has 5 nitrogen and oxygen atoms in total. The first-order valence-electron chi connectivity index (χ1n) is 11.5. The van der Waals surface area contributed by atoms with Crippen molar-refractivity contribution in [3.63, 3.8) is 0 Å². The second-order valence-corrected chi connectivity index (χ2v) is 11.6. The third-order valence-corrected chi connectivity index (χ3v) is 7.13. The first-order valence-corrected chi connectivity index (χ1v) is 11.5. The fraction of sp³-hybridized carbons (Fsp3) is 0.654. The zero-order valence-electron chi connectivity index (χ0n) is 19.9. The Bertz CT molecular complexity index is 835. The van der Waals surface area contributed by atoms with Crippen LogP contribution in [0.5, 0.6) is 0 Å². The molecule has 0 aromatic heterocycles. The summed E-state index contributed by atoms with van der Waals surface area (Å²) in [4.78, 5) is 31.3. The van der Waals surface area contributed by atoms with Crippen LogP contribution >= 0.6 is 0 Å². The van der Waals surface area contributed by atoms with Crippen LogP contribution in [0.1, 0.15) is 102 Å². The van der Waals surface area contributed by atoms with E-state index in [1.165, 1.54) is 6.21 Å². The maximum absolute atomic E-state index is 13.1. The minimum Gasteiger partial charge on any atom is -0.478 e. The fourth-order valence-electron chi connectivity index (χ4n) is 5.13. The van der Waals surface area contributed by atoms with E-state index in [0.29, 0.717) is 5.92 Å². The molecule has 0 saturated heterocycles. The van der Waals surface area contributed by atoms with Crippen molar-refractivity contribution in [3.8, 4) is 0 Å². The molecule has 5 heteroatoms. The van der Waals surface area contributed by atoms with Gasteiger partial charge in [-0.05, 0) is 73.0 Å². The molecule has 3 rings (SSSR count). The lowest BCUT2D eigenvalue weighted by atomic mass is 9.69. The smallest absolute Gasteiger partial charge is 0.335 e. The molecule has 1 aliphatic carbocycles. The minimum absolute atomic E-state index is 0.0181. The van der Waals surface area contributed by atoms with Gasteiger partial charge in [0.1, 0.15) is 5.66 Å². The van der Waals surface area contributed by atoms with E-state index in [9.17, 15) is 14.7 Å². The van der Waals surface area contributed by atoms with Crippen molar-refractivity contribution in [2.24, 2.45) is 21.7 Å². The van der Waals surface area contributed by atoms with Crippen molar-refractivity contribution in [2.75, 3.05) is 0 Å². The topological polar surface area (TPSA) is 70.0 Å². The van der Waals surface area contributed by atoms with Crippen LogP contribution in [0.25, 0.3) is 0 Å². The maximum Gasteiger partial charge on any atom is 0.335 e. The summed E-state index contributed by atoms with van der Waals surface area (Å²) in [5.74, 6) is -0.320. The van der Waals surface area contributed by atoms with Crippen LogP contribution in [0.3, 0.4) is 0 Å². The first kappa shape index (κ1) is 23.5. The van der Waals surface area contributed by atoms with Gasteiger partial charge in [0.2, 0.25) is 0 Å². The van der Waals surface area contributed by atoms with E-state index in [2.05, 4.69) is 41.5 Å². The highest BCUT2D eigenvalue weighted by molar-refractivity contribution is 6.28. The van der Waals surface area contributed by atoms with Crippen molar-refractivity contribution in [1.29, 1.82) is 0 Å². The number of carboxylic acid groups (broad SMARTS) is 1. The molecule has 1 N–H and O–H groups in total. The van der Waals surface area contributed by atoms with Gasteiger partial charge < -0.3 is 10.0 Å². The number of hydrogen-bond acceptors (Lipinski definition) is 3. The summed E-state index contributed by atoms with van der Waals surface area (Å²) >= 11 is 0. The van der Waals surface area contributed by atoms with Gasteiger partial charge in [0.05, 0.1) is 17.8 Å². The van der Waals surface area contributed by atoms with Crippen LogP contribution in [0.4, 0.5) is 0 Å². The van der Waals surface area contributed by atoms with Crippen molar-refractivity contribution in [1.82, 2.24) is 4.90 Å². The zero-order valence-corrected chi connectivity index (χ0v) is 19.9. The van der Waals surface area contributed by atoms with E-state index < -0.39 is 11.6 Å². The van der Waals surface area contributed by atoms with Crippen LogP contribution in [-0.2, 0) is 4.79 Å². The summed E-state index contributed by atoms with van der Waals surface area (Å²) < 4.78 is 0. The quantitative estimate of drug-likeness (QED) is 0.618. The maximum atomic E-state index is 13.1. The number of aliphatic imine (C=N–C) groups is 1. The van der Waals surface area contributed by atoms with Crippen LogP contribution in [-0.4, -0.2) is 33.8 Å². The van der Waals surface area contributed by atoms with E-state index in [1.54, 1.807) is 12.1 Å². The third kappa shape index (κ3) is 5.19. The third-order valence-electron chi connectivity index (χ3n) is 7.13. The molecule has 1 saturated carbocycles. The fourth-order valence-corrected chi connectivity index (χ4v) is 5.13. The van der Waals surface area contributed by atoms with E-state index in [0.717, 1.165) is 44.1 Å². The van der Waals surface area contributed by atoms with Crippen molar-refractivity contribution in [3.05, 3.63) is 35.4 Å². The van der Waals surface area contributed by atoms with Crippen LogP contribution in [0.2, 0.25) is 0 Å². The van der Waals surface area contributed by atoms with Gasteiger partial charge in [-0.25, -0.2) is 4.79 Å². The van der Waals surface area contributed by atoms with Crippen molar-refractivity contribution in [2.45, 2.75) is 91.8 Å². The summed E-state index contributed by atoms with van der Waals surface area (Å²) in [6.07, 6.45) is 7.21. The number of carbonyl (C=O) groups is 2. The molecule has 1 spiro atoms. The molecule has 1 atom stereocenters. The Morgan fingerprint density at radius 1 is 1.13 bits per heavy atom. The summed E-state index contributed by atoms with van der Waals surface area (Å²) in [6, 6.07) is 6.93. The molecule has 0 unspecified atom stereocenters. The second-order valence-electron chi connectivity index (χ2n) is 11.6. The Labute approximate surface area is 186 Å². The van der Waals surface area contributed by atoms with E-state index >= 15 is 0 Å². The standard InChI is InChI=1S/C26H38N2O3/c1-24(2,3)14-13-21(18-7-9-19(10-8-18)23(30)31)28-22(29)17-27-26(28)15-11-20(12-16-26)25(4,5)6/h7-10,17,20-21H,11-16H2,1-6H3,(H,30,31)/t20?,21-,26?/m1/s1. The summed E-state index contributed by atoms with van der Waals surface area (Å²) in [6.45, 7) is 13.5. The summed E-state index contributed by atoms with van der Waals surface area (Å²) in [5, 5.41) is 9.28. The zero-order chi connectivity index (χ0) is 23.0. The lowest BCUT2D eigenvalue weighted by Gasteiger charge is -2.48. The molecule has 2 aliphatic rings. The van der Waals surface area contributed by atoms with Crippen LogP contribution in [0, 0.1) is 16.7 Å². The summed E-state index contributed by atoms with van der Waals surface area (Å²) in [5.41, 5.74) is 1.19. The van der Waals surface area contributed by atoms with Gasteiger partial charge >= 0.3 is 5.97 Å². The predicted molar refractivity (Wildman–Crippen MR) is 124 cm³/mol. The molecular weight excluding hydrogens is 388 g/mol. The molecule has 1 amide bonds. The number of carbonyl (C=O) groups excluding carboxylic acids is 1. The number of nitrogens with zero attached hydrogens (tertiary/aromatic N) is 2. The van der Waals surface area contributed by atoms with Gasteiger partial charge in [-0.1, -0.05) is 53.7 Å². The highest BCUT2D eigenvalue weighted by Gasteiger charge is 2.49. The molecule has 170 valence electrons. The molecule has 1 heterocycles. The number of amides is 1. The Balaban J connectivity index is 1.92. The molecule has 1 aromatic carbocycles. The molecule has 1 aliphatic heterocycles. The predicted octanol–water partition coefficient (Wildman–Crippen LogP) is 6.10. The monoisotopic (exact) mass is 426 g/mol. The molecule has 0 bridgehead atoms. The molecular formula is C26H38N2O3. The summed E-state index contributed by atoms with van der Waals surface area (Å²) in [7, 11) is 0. The lowest BCUT2D eigenvalue weighted by molar-refractivity contribution is -0.133. The lowest BCUT2D eigenvalue weighted by Crippen LogP contribution is -2.51. The van der Waals surface area contributed by atoms with Crippen LogP contribution < -0.4 is 0 Å². The largest absolute Gasteiger partial charge is 0.478 e.